The van der Waals surface area contributed by atoms with E-state index in [1.54, 1.807) is 0 Å². The predicted molar refractivity (Wildman–Crippen MR) is 93.1 cm³/mol. The quantitative estimate of drug-likeness (QED) is 0.528. The second-order valence-electron chi connectivity index (χ2n) is 3.85. The van der Waals surface area contributed by atoms with Crippen LogP contribution in [0.25, 0.3) is 0 Å². The molecule has 0 saturated heterocycles. The summed E-state index contributed by atoms with van der Waals surface area (Å²) < 4.78 is 3.91. The van der Waals surface area contributed by atoms with Crippen molar-refractivity contribution in [2.75, 3.05) is 12.1 Å². The van der Waals surface area contributed by atoms with Gasteiger partial charge in [-0.2, -0.15) is 0 Å². The maximum absolute atomic E-state index is 4.52. The van der Waals surface area contributed by atoms with Crippen LogP contribution in [0.3, 0.4) is 0 Å². The van der Waals surface area contributed by atoms with Crippen LogP contribution in [0.2, 0.25) is 0 Å². The van der Waals surface area contributed by atoms with Crippen molar-refractivity contribution in [3.63, 3.8) is 0 Å². The monoisotopic (exact) mass is 513 g/mol. The number of rotatable bonds is 4. The first-order valence-electron chi connectivity index (χ1n) is 5.46. The van der Waals surface area contributed by atoms with E-state index in [-0.39, 0.29) is 0 Å². The first-order chi connectivity index (χ1) is 9.08. The maximum Gasteiger partial charge on any atom is 0.196 e. The first-order valence-corrected chi connectivity index (χ1v) is 9.29. The molecule has 102 valence electrons. The van der Waals surface area contributed by atoms with Crippen molar-refractivity contribution in [1.29, 1.82) is 0 Å². The van der Waals surface area contributed by atoms with Gasteiger partial charge in [-0.3, -0.25) is 5.01 Å². The van der Waals surface area contributed by atoms with E-state index in [1.165, 1.54) is 0 Å². The zero-order valence-electron chi connectivity index (χ0n) is 10.1. The summed E-state index contributed by atoms with van der Waals surface area (Å²) in [5.41, 5.74) is 3.23. The molecule has 0 amide bonds. The SMILES string of the molecule is CN(c1ccc(Br)cc1)n1c(Br)nc(CBr)c1CBr. The zero-order chi connectivity index (χ0) is 14.0. The molecule has 1 heterocycles. The molecule has 0 bridgehead atoms. The first kappa shape index (κ1) is 15.5. The molecule has 0 fully saturated rings. The Morgan fingerprint density at radius 3 is 2.26 bits per heavy atom. The third kappa shape index (κ3) is 3.25. The van der Waals surface area contributed by atoms with E-state index < -0.39 is 0 Å². The molecule has 2 aromatic rings. The van der Waals surface area contributed by atoms with Gasteiger partial charge in [-0.1, -0.05) is 47.8 Å². The summed E-state index contributed by atoms with van der Waals surface area (Å²) in [5.74, 6) is 0. The molecule has 0 unspecified atom stereocenters. The summed E-state index contributed by atoms with van der Waals surface area (Å²) in [6.07, 6.45) is 0. The normalized spacial score (nSPS) is 10.8. The number of alkyl halides is 2. The van der Waals surface area contributed by atoms with E-state index in [1.807, 2.05) is 19.2 Å². The third-order valence-corrected chi connectivity index (χ3v) is 4.85. The Labute approximate surface area is 145 Å². The fourth-order valence-corrected chi connectivity index (χ4v) is 3.72. The summed E-state index contributed by atoms with van der Waals surface area (Å²) in [6, 6.07) is 8.16. The van der Waals surface area contributed by atoms with Gasteiger partial charge in [0.25, 0.3) is 0 Å². The Kier molecular flexibility index (Phi) is 5.51. The lowest BCUT2D eigenvalue weighted by Crippen LogP contribution is -2.26. The summed E-state index contributed by atoms with van der Waals surface area (Å²) in [6.45, 7) is 0. The van der Waals surface area contributed by atoms with Gasteiger partial charge in [-0.15, -0.1) is 0 Å². The number of hydrogen-bond acceptors (Lipinski definition) is 2. The minimum Gasteiger partial charge on any atom is -0.282 e. The van der Waals surface area contributed by atoms with Crippen LogP contribution in [0, 0.1) is 0 Å². The number of nitrogens with zero attached hydrogens (tertiary/aromatic N) is 3. The highest BCUT2D eigenvalue weighted by molar-refractivity contribution is 9.10. The standard InChI is InChI=1S/C12H11Br4N3/c1-18(9-4-2-8(15)3-5-9)19-11(7-14)10(6-13)17-12(19)16/h2-5H,6-7H2,1H3. The van der Waals surface area contributed by atoms with E-state index in [0.29, 0.717) is 0 Å². The fourth-order valence-electron chi connectivity index (χ4n) is 1.77. The maximum atomic E-state index is 4.52. The van der Waals surface area contributed by atoms with Gasteiger partial charge >= 0.3 is 0 Å². The zero-order valence-corrected chi connectivity index (χ0v) is 16.4. The van der Waals surface area contributed by atoms with Gasteiger partial charge < -0.3 is 0 Å². The number of benzene rings is 1. The van der Waals surface area contributed by atoms with Crippen LogP contribution in [0.5, 0.6) is 0 Å². The van der Waals surface area contributed by atoms with Crippen LogP contribution in [0.1, 0.15) is 11.4 Å². The largest absolute Gasteiger partial charge is 0.282 e. The van der Waals surface area contributed by atoms with Crippen molar-refractivity contribution >= 4 is 69.4 Å². The lowest BCUT2D eigenvalue weighted by atomic mass is 10.3. The van der Waals surface area contributed by atoms with E-state index >= 15 is 0 Å². The van der Waals surface area contributed by atoms with E-state index in [4.69, 9.17) is 0 Å². The molecule has 0 radical (unpaired) electrons. The second-order valence-corrected chi connectivity index (χ2v) is 6.60. The molecular weight excluding hydrogens is 506 g/mol. The van der Waals surface area contributed by atoms with E-state index in [0.717, 1.165) is 36.9 Å². The molecule has 0 spiro atoms. The number of anilines is 1. The van der Waals surface area contributed by atoms with Crippen LogP contribution in [0.4, 0.5) is 5.69 Å². The summed E-state index contributed by atoms with van der Waals surface area (Å²) in [5, 5.41) is 3.54. The van der Waals surface area contributed by atoms with Gasteiger partial charge in [-0.25, -0.2) is 9.66 Å². The minimum absolute atomic E-state index is 0.730. The Bertz CT molecular complexity index is 565. The molecule has 1 aromatic carbocycles. The van der Waals surface area contributed by atoms with Gasteiger partial charge in [0.15, 0.2) is 4.73 Å². The molecule has 19 heavy (non-hydrogen) atoms. The van der Waals surface area contributed by atoms with Crippen molar-refractivity contribution in [2.24, 2.45) is 0 Å². The molecule has 0 aliphatic carbocycles. The molecule has 0 saturated carbocycles. The number of hydrogen-bond donors (Lipinski definition) is 0. The highest BCUT2D eigenvalue weighted by atomic mass is 79.9. The van der Waals surface area contributed by atoms with Crippen LogP contribution in [-0.2, 0) is 10.7 Å². The second kappa shape index (κ2) is 6.74. The number of halogens is 4. The Morgan fingerprint density at radius 2 is 1.74 bits per heavy atom. The summed E-state index contributed by atoms with van der Waals surface area (Å²) >= 11 is 14.0. The van der Waals surface area contributed by atoms with Gasteiger partial charge in [-0.05, 0) is 40.2 Å². The van der Waals surface area contributed by atoms with Crippen molar-refractivity contribution in [1.82, 2.24) is 9.66 Å². The van der Waals surface area contributed by atoms with Crippen LogP contribution >= 0.6 is 63.7 Å². The molecule has 3 nitrogen and oxygen atoms in total. The molecule has 0 aliphatic rings. The smallest absolute Gasteiger partial charge is 0.196 e. The van der Waals surface area contributed by atoms with Crippen LogP contribution in [0.15, 0.2) is 33.5 Å². The average molecular weight is 517 g/mol. The molecule has 0 N–H and O–H groups in total. The average Bonchev–Trinajstić information content (AvgIpc) is 2.74. The van der Waals surface area contributed by atoms with Gasteiger partial charge in [0, 0.05) is 22.2 Å². The lowest BCUT2D eigenvalue weighted by molar-refractivity contribution is 0.726. The number of aromatic nitrogens is 2. The van der Waals surface area contributed by atoms with Gasteiger partial charge in [0.05, 0.1) is 17.1 Å². The van der Waals surface area contributed by atoms with E-state index in [2.05, 4.69) is 90.5 Å². The van der Waals surface area contributed by atoms with Crippen LogP contribution < -0.4 is 5.01 Å². The summed E-state index contributed by atoms with van der Waals surface area (Å²) in [4.78, 5) is 4.52. The highest BCUT2D eigenvalue weighted by Crippen LogP contribution is 2.26. The Morgan fingerprint density at radius 1 is 1.11 bits per heavy atom. The lowest BCUT2D eigenvalue weighted by Gasteiger charge is -2.23. The molecule has 2 rings (SSSR count). The third-order valence-electron chi connectivity index (χ3n) is 2.74. The molecule has 7 heteroatoms. The van der Waals surface area contributed by atoms with Crippen molar-refractivity contribution in [3.8, 4) is 0 Å². The Hall–Kier alpha value is 0.150. The van der Waals surface area contributed by atoms with Gasteiger partial charge in [0.2, 0.25) is 0 Å². The van der Waals surface area contributed by atoms with E-state index in [9.17, 15) is 0 Å². The van der Waals surface area contributed by atoms with Crippen molar-refractivity contribution < 1.29 is 0 Å². The topological polar surface area (TPSA) is 21.1 Å². The minimum atomic E-state index is 0.730. The highest BCUT2D eigenvalue weighted by Gasteiger charge is 2.17. The molecule has 0 atom stereocenters. The fraction of sp³-hybridized carbons (Fsp3) is 0.250. The van der Waals surface area contributed by atoms with Crippen LogP contribution in [-0.4, -0.2) is 16.7 Å². The molecular formula is C12H11Br4N3. The molecule has 1 aromatic heterocycles. The Balaban J connectivity index is 2.46. The summed E-state index contributed by atoms with van der Waals surface area (Å²) in [7, 11) is 2.01. The predicted octanol–water partition coefficient (Wildman–Crippen LogP) is 5.10. The van der Waals surface area contributed by atoms with Gasteiger partial charge in [0.1, 0.15) is 0 Å². The van der Waals surface area contributed by atoms with Crippen molar-refractivity contribution in [3.05, 3.63) is 44.9 Å². The number of imidazole rings is 1. The van der Waals surface area contributed by atoms with Crippen molar-refractivity contribution in [2.45, 2.75) is 10.7 Å². The molecule has 0 aliphatic heterocycles.